The molecule has 0 unspecified atom stereocenters. The molecule has 0 atom stereocenters. The highest BCUT2D eigenvalue weighted by atomic mass is 79.9. The number of ether oxygens (including phenoxy) is 1. The zero-order chi connectivity index (χ0) is 20.4. The van der Waals surface area contributed by atoms with Gasteiger partial charge < -0.3 is 4.74 Å². The summed E-state index contributed by atoms with van der Waals surface area (Å²) in [5.74, 6) is 0.779. The van der Waals surface area contributed by atoms with E-state index in [0.717, 1.165) is 21.5 Å². The number of nitrogens with zero attached hydrogens (tertiary/aromatic N) is 4. The minimum absolute atomic E-state index is 0.256. The van der Waals surface area contributed by atoms with Gasteiger partial charge in [-0.3, -0.25) is 9.89 Å². The van der Waals surface area contributed by atoms with Gasteiger partial charge in [0.25, 0.3) is 0 Å². The van der Waals surface area contributed by atoms with Crippen molar-refractivity contribution >= 4 is 38.6 Å². The maximum Gasteiger partial charge on any atom is 0.301 e. The van der Waals surface area contributed by atoms with Gasteiger partial charge in [0.15, 0.2) is 5.69 Å². The van der Waals surface area contributed by atoms with Crippen LogP contribution in [0.2, 0.25) is 0 Å². The summed E-state index contributed by atoms with van der Waals surface area (Å²) >= 11 is 4.76. The van der Waals surface area contributed by atoms with Crippen LogP contribution in [-0.4, -0.2) is 21.9 Å². The minimum atomic E-state index is -0.295. The highest BCUT2D eigenvalue weighted by Crippen LogP contribution is 2.26. The minimum Gasteiger partial charge on any atom is -0.497 e. The van der Waals surface area contributed by atoms with Crippen molar-refractivity contribution in [2.24, 2.45) is 10.2 Å². The first-order valence-electron chi connectivity index (χ1n) is 8.64. The van der Waals surface area contributed by atoms with Gasteiger partial charge in [-0.1, -0.05) is 22.0 Å². The van der Waals surface area contributed by atoms with Gasteiger partial charge in [-0.2, -0.15) is 9.80 Å². The van der Waals surface area contributed by atoms with E-state index in [9.17, 15) is 4.79 Å². The first-order chi connectivity index (χ1) is 14.0. The van der Waals surface area contributed by atoms with Crippen molar-refractivity contribution in [2.45, 2.75) is 6.92 Å². The molecule has 29 heavy (non-hydrogen) atoms. The van der Waals surface area contributed by atoms with Crippen molar-refractivity contribution < 1.29 is 4.74 Å². The van der Waals surface area contributed by atoms with Gasteiger partial charge in [-0.05, 0) is 49.4 Å². The van der Waals surface area contributed by atoms with E-state index in [1.807, 2.05) is 53.9 Å². The van der Waals surface area contributed by atoms with E-state index >= 15 is 0 Å². The van der Waals surface area contributed by atoms with Crippen molar-refractivity contribution in [1.82, 2.24) is 14.8 Å². The first kappa shape index (κ1) is 19.3. The Kier molecular flexibility index (Phi) is 5.41. The second-order valence-electron chi connectivity index (χ2n) is 6.15. The number of azo groups is 1. The predicted molar refractivity (Wildman–Crippen MR) is 117 cm³/mol. The molecule has 0 saturated heterocycles. The number of aryl methyl sites for hydroxylation is 1. The number of aromatic nitrogens is 3. The Morgan fingerprint density at radius 2 is 1.97 bits per heavy atom. The van der Waals surface area contributed by atoms with Crippen LogP contribution < -0.4 is 10.3 Å². The molecule has 146 valence electrons. The normalized spacial score (nSPS) is 11.3. The van der Waals surface area contributed by atoms with Crippen molar-refractivity contribution in [3.05, 3.63) is 74.4 Å². The molecule has 0 bridgehead atoms. The molecule has 0 radical (unpaired) electrons. The summed E-state index contributed by atoms with van der Waals surface area (Å²) in [5.41, 5.74) is 2.96. The summed E-state index contributed by atoms with van der Waals surface area (Å²) in [5, 5.41) is 13.8. The largest absolute Gasteiger partial charge is 0.497 e. The lowest BCUT2D eigenvalue weighted by Gasteiger charge is -2.00. The Balaban J connectivity index is 1.64. The Hall–Kier alpha value is -3.04. The number of methoxy groups -OCH3 is 1. The SMILES string of the molecule is COc1ccc(-c2csc(-n3[nH]c(C)c(N=Nc4cccc(Br)c4)c3=O)n2)cc1. The summed E-state index contributed by atoms with van der Waals surface area (Å²) in [7, 11) is 1.63. The van der Waals surface area contributed by atoms with Crippen LogP contribution in [0.15, 0.2) is 73.4 Å². The molecule has 0 spiro atoms. The second kappa shape index (κ2) is 8.14. The van der Waals surface area contributed by atoms with E-state index in [-0.39, 0.29) is 11.2 Å². The Morgan fingerprint density at radius 3 is 2.69 bits per heavy atom. The summed E-state index contributed by atoms with van der Waals surface area (Å²) < 4.78 is 7.47. The highest BCUT2D eigenvalue weighted by Gasteiger charge is 2.15. The maximum absolute atomic E-state index is 12.8. The van der Waals surface area contributed by atoms with Crippen molar-refractivity contribution in [3.8, 4) is 22.1 Å². The van der Waals surface area contributed by atoms with Crippen LogP contribution >= 0.6 is 27.3 Å². The topological polar surface area (TPSA) is 84.6 Å². The number of aromatic amines is 1. The molecule has 0 saturated carbocycles. The quantitative estimate of drug-likeness (QED) is 0.375. The fourth-order valence-electron chi connectivity index (χ4n) is 2.70. The molecule has 4 aromatic rings. The third kappa shape index (κ3) is 4.06. The smallest absolute Gasteiger partial charge is 0.301 e. The molecule has 7 nitrogen and oxygen atoms in total. The van der Waals surface area contributed by atoms with Gasteiger partial charge in [0.2, 0.25) is 5.13 Å². The van der Waals surface area contributed by atoms with Crippen LogP contribution in [0.25, 0.3) is 16.4 Å². The summed E-state index contributed by atoms with van der Waals surface area (Å²) in [6, 6.07) is 15.0. The lowest BCUT2D eigenvalue weighted by molar-refractivity contribution is 0.415. The fraction of sp³-hybridized carbons (Fsp3) is 0.100. The van der Waals surface area contributed by atoms with E-state index in [1.165, 1.54) is 16.0 Å². The molecule has 9 heteroatoms. The Morgan fingerprint density at radius 1 is 1.17 bits per heavy atom. The van der Waals surface area contributed by atoms with E-state index < -0.39 is 0 Å². The van der Waals surface area contributed by atoms with E-state index in [1.54, 1.807) is 14.0 Å². The van der Waals surface area contributed by atoms with Crippen LogP contribution in [0, 0.1) is 6.92 Å². The monoisotopic (exact) mass is 469 g/mol. The van der Waals surface area contributed by atoms with Gasteiger partial charge in [-0.25, -0.2) is 4.98 Å². The van der Waals surface area contributed by atoms with Crippen LogP contribution in [0.1, 0.15) is 5.69 Å². The molecule has 0 aliphatic rings. The van der Waals surface area contributed by atoms with Gasteiger partial charge in [0.1, 0.15) is 5.75 Å². The predicted octanol–water partition coefficient (Wildman–Crippen LogP) is 5.78. The van der Waals surface area contributed by atoms with Crippen LogP contribution in [-0.2, 0) is 0 Å². The first-order valence-corrected chi connectivity index (χ1v) is 10.3. The van der Waals surface area contributed by atoms with E-state index in [2.05, 4.69) is 36.2 Å². The molecule has 0 aliphatic carbocycles. The molecule has 0 amide bonds. The number of hydrogen-bond donors (Lipinski definition) is 1. The number of benzene rings is 2. The van der Waals surface area contributed by atoms with Crippen LogP contribution in [0.3, 0.4) is 0 Å². The lowest BCUT2D eigenvalue weighted by atomic mass is 10.2. The second-order valence-corrected chi connectivity index (χ2v) is 7.90. The van der Waals surface area contributed by atoms with Gasteiger partial charge in [0, 0.05) is 15.4 Å². The number of H-pyrrole nitrogens is 1. The molecule has 2 heterocycles. The van der Waals surface area contributed by atoms with Crippen molar-refractivity contribution in [2.75, 3.05) is 7.11 Å². The molecule has 0 fully saturated rings. The number of halogens is 1. The number of rotatable bonds is 5. The van der Waals surface area contributed by atoms with Gasteiger partial charge >= 0.3 is 5.56 Å². The highest BCUT2D eigenvalue weighted by molar-refractivity contribution is 9.10. The Bertz CT molecular complexity index is 1240. The summed E-state index contributed by atoms with van der Waals surface area (Å²) in [4.78, 5) is 17.4. The van der Waals surface area contributed by atoms with Crippen molar-refractivity contribution in [1.29, 1.82) is 0 Å². The summed E-state index contributed by atoms with van der Waals surface area (Å²) in [6.45, 7) is 1.78. The number of hydrogen-bond acceptors (Lipinski definition) is 6. The van der Waals surface area contributed by atoms with Gasteiger partial charge in [-0.15, -0.1) is 16.5 Å². The summed E-state index contributed by atoms with van der Waals surface area (Å²) in [6.07, 6.45) is 0. The zero-order valence-electron chi connectivity index (χ0n) is 15.6. The van der Waals surface area contributed by atoms with Crippen LogP contribution in [0.4, 0.5) is 11.4 Å². The molecule has 2 aromatic carbocycles. The average Bonchev–Trinajstić information content (AvgIpc) is 3.32. The maximum atomic E-state index is 12.8. The third-order valence-corrected chi connectivity index (χ3v) is 5.50. The lowest BCUT2D eigenvalue weighted by Crippen LogP contribution is -2.13. The molecule has 2 aromatic heterocycles. The molecule has 4 rings (SSSR count). The van der Waals surface area contributed by atoms with E-state index in [4.69, 9.17) is 4.74 Å². The molecular weight excluding hydrogens is 454 g/mol. The molecule has 1 N–H and O–H groups in total. The van der Waals surface area contributed by atoms with Crippen molar-refractivity contribution in [3.63, 3.8) is 0 Å². The number of nitrogens with one attached hydrogen (secondary N) is 1. The molecular formula is C20H16BrN5O2S. The average molecular weight is 470 g/mol. The van der Waals surface area contributed by atoms with Crippen LogP contribution in [0.5, 0.6) is 5.75 Å². The standard InChI is InChI=1S/C20H16BrN5O2S/c1-12-18(24-23-15-5-3-4-14(21)10-15)19(27)26(25-12)20-22-17(11-29-20)13-6-8-16(28-2)9-7-13/h3-11,25H,1-2H3. The number of thiazole rings is 1. The Labute approximate surface area is 178 Å². The zero-order valence-corrected chi connectivity index (χ0v) is 18.0. The fourth-order valence-corrected chi connectivity index (χ4v) is 3.88. The molecule has 0 aliphatic heterocycles. The third-order valence-electron chi connectivity index (χ3n) is 4.18. The van der Waals surface area contributed by atoms with E-state index in [0.29, 0.717) is 16.5 Å². The van der Waals surface area contributed by atoms with Gasteiger partial charge in [0.05, 0.1) is 24.2 Å².